The third kappa shape index (κ3) is 6.02. The van der Waals surface area contributed by atoms with Crippen molar-refractivity contribution in [2.24, 2.45) is 0 Å². The molecular weight excluding hydrogens is 410 g/mol. The fourth-order valence-corrected chi connectivity index (χ4v) is 3.89. The molecule has 0 aromatic heterocycles. The van der Waals surface area contributed by atoms with Crippen molar-refractivity contribution >= 4 is 33.4 Å². The van der Waals surface area contributed by atoms with Crippen LogP contribution in [0, 0.1) is 6.92 Å². The molecule has 27 heavy (non-hydrogen) atoms. The number of carbonyl (C=O) groups excluding carboxylic acids is 2. The Kier molecular flexibility index (Phi) is 7.26. The largest absolute Gasteiger partial charge is 0.377 e. The molecule has 2 aliphatic heterocycles. The minimum absolute atomic E-state index is 0.107. The van der Waals surface area contributed by atoms with Crippen LogP contribution in [0.15, 0.2) is 22.7 Å². The van der Waals surface area contributed by atoms with Crippen LogP contribution in [0.2, 0.25) is 0 Å². The van der Waals surface area contributed by atoms with Crippen molar-refractivity contribution in [1.29, 1.82) is 0 Å². The van der Waals surface area contributed by atoms with Crippen molar-refractivity contribution < 1.29 is 14.3 Å². The summed E-state index contributed by atoms with van der Waals surface area (Å²) in [4.78, 5) is 29.0. The maximum atomic E-state index is 12.6. The van der Waals surface area contributed by atoms with Gasteiger partial charge in [-0.2, -0.15) is 0 Å². The Labute approximate surface area is 169 Å². The van der Waals surface area contributed by atoms with E-state index in [0.29, 0.717) is 6.54 Å². The van der Waals surface area contributed by atoms with Gasteiger partial charge in [0, 0.05) is 36.4 Å². The molecule has 2 fully saturated rings. The van der Waals surface area contributed by atoms with E-state index in [4.69, 9.17) is 4.74 Å². The summed E-state index contributed by atoms with van der Waals surface area (Å²) < 4.78 is 6.73. The van der Waals surface area contributed by atoms with Gasteiger partial charge in [0.2, 0.25) is 11.8 Å². The van der Waals surface area contributed by atoms with E-state index in [9.17, 15) is 9.59 Å². The second kappa shape index (κ2) is 9.66. The Morgan fingerprint density at radius 3 is 2.70 bits per heavy atom. The summed E-state index contributed by atoms with van der Waals surface area (Å²) in [7, 11) is 0. The molecule has 1 atom stereocenters. The Balaban J connectivity index is 1.59. The Morgan fingerprint density at radius 2 is 2.04 bits per heavy atom. The number of nitrogens with one attached hydrogen (secondary N) is 1. The lowest BCUT2D eigenvalue weighted by Crippen LogP contribution is -2.45. The Hall–Kier alpha value is -1.44. The summed E-state index contributed by atoms with van der Waals surface area (Å²) >= 11 is 3.47. The summed E-state index contributed by atoms with van der Waals surface area (Å²) in [5, 5.41) is 2.94. The molecule has 0 saturated carbocycles. The summed E-state index contributed by atoms with van der Waals surface area (Å²) in [6.45, 7) is 5.49. The number of rotatable bonds is 7. The molecule has 2 saturated heterocycles. The molecule has 0 unspecified atom stereocenters. The predicted molar refractivity (Wildman–Crippen MR) is 109 cm³/mol. The molecule has 1 N–H and O–H groups in total. The van der Waals surface area contributed by atoms with Gasteiger partial charge in [-0.05, 0) is 56.4 Å². The number of carbonyl (C=O) groups is 2. The maximum Gasteiger partial charge on any atom is 0.238 e. The highest BCUT2D eigenvalue weighted by atomic mass is 79.9. The Morgan fingerprint density at radius 1 is 1.26 bits per heavy atom. The van der Waals surface area contributed by atoms with Crippen molar-refractivity contribution in [3.8, 4) is 0 Å². The molecule has 148 valence electrons. The van der Waals surface area contributed by atoms with Gasteiger partial charge in [-0.3, -0.25) is 14.5 Å². The number of ether oxygens (including phenoxy) is 1. The molecule has 1 aromatic rings. The van der Waals surface area contributed by atoms with Crippen LogP contribution in [-0.4, -0.2) is 67.0 Å². The lowest BCUT2D eigenvalue weighted by atomic mass is 10.2. The number of nitrogens with zero attached hydrogens (tertiary/aromatic N) is 2. The number of halogens is 1. The van der Waals surface area contributed by atoms with E-state index < -0.39 is 0 Å². The first-order chi connectivity index (χ1) is 13.0. The van der Waals surface area contributed by atoms with E-state index in [1.54, 1.807) is 0 Å². The molecule has 0 bridgehead atoms. The average molecular weight is 438 g/mol. The van der Waals surface area contributed by atoms with Crippen LogP contribution in [-0.2, 0) is 14.3 Å². The van der Waals surface area contributed by atoms with Crippen molar-refractivity contribution in [1.82, 2.24) is 9.80 Å². The highest BCUT2D eigenvalue weighted by Gasteiger charge is 2.25. The number of aryl methyl sites for hydroxylation is 1. The zero-order valence-electron chi connectivity index (χ0n) is 15.9. The molecule has 6 nitrogen and oxygen atoms in total. The smallest absolute Gasteiger partial charge is 0.238 e. The first-order valence-electron chi connectivity index (χ1n) is 9.69. The van der Waals surface area contributed by atoms with Crippen LogP contribution in [0.1, 0.15) is 31.2 Å². The van der Waals surface area contributed by atoms with Crippen molar-refractivity contribution in [2.75, 3.05) is 44.6 Å². The second-order valence-corrected chi connectivity index (χ2v) is 8.26. The van der Waals surface area contributed by atoms with Crippen LogP contribution in [0.3, 0.4) is 0 Å². The van der Waals surface area contributed by atoms with Gasteiger partial charge in [-0.1, -0.05) is 15.9 Å². The first-order valence-corrected chi connectivity index (χ1v) is 10.5. The minimum Gasteiger partial charge on any atom is -0.377 e. The SMILES string of the molecule is Cc1cc(NC(=O)CN(CC(=O)N2CCCC2)C[C@H]2CCCO2)ccc1Br. The Bertz CT molecular complexity index is 670. The number of amides is 2. The average Bonchev–Trinajstić information content (AvgIpc) is 3.31. The normalized spacial score (nSPS) is 19.7. The van der Waals surface area contributed by atoms with Crippen molar-refractivity contribution in [3.05, 3.63) is 28.2 Å². The van der Waals surface area contributed by atoms with Crippen LogP contribution < -0.4 is 5.32 Å². The molecule has 2 amide bonds. The summed E-state index contributed by atoms with van der Waals surface area (Å²) in [5.74, 6) is 0.00160. The highest BCUT2D eigenvalue weighted by Crippen LogP contribution is 2.20. The predicted octanol–water partition coefficient (Wildman–Crippen LogP) is 2.80. The molecule has 3 rings (SSSR count). The zero-order valence-corrected chi connectivity index (χ0v) is 17.5. The van der Waals surface area contributed by atoms with Gasteiger partial charge in [0.1, 0.15) is 0 Å². The van der Waals surface area contributed by atoms with E-state index in [0.717, 1.165) is 61.1 Å². The lowest BCUT2D eigenvalue weighted by Gasteiger charge is -2.26. The first kappa shape index (κ1) is 20.3. The summed E-state index contributed by atoms with van der Waals surface area (Å²) in [5.41, 5.74) is 1.83. The standard InChI is InChI=1S/C20H28BrN3O3/c1-15-11-16(6-7-18(15)21)22-19(25)13-23(12-17-5-4-10-27-17)14-20(26)24-8-2-3-9-24/h6-7,11,17H,2-5,8-10,12-14H2,1H3,(H,22,25)/t17-/m1/s1. The quantitative estimate of drug-likeness (QED) is 0.712. The molecule has 7 heteroatoms. The molecule has 2 heterocycles. The van der Waals surface area contributed by atoms with Gasteiger partial charge in [0.05, 0.1) is 19.2 Å². The monoisotopic (exact) mass is 437 g/mol. The van der Waals surface area contributed by atoms with E-state index in [-0.39, 0.29) is 31.0 Å². The van der Waals surface area contributed by atoms with Crippen LogP contribution in [0.25, 0.3) is 0 Å². The number of likely N-dealkylation sites (tertiary alicyclic amines) is 1. The van der Waals surface area contributed by atoms with Gasteiger partial charge in [0.15, 0.2) is 0 Å². The van der Waals surface area contributed by atoms with Gasteiger partial charge in [-0.25, -0.2) is 0 Å². The third-order valence-electron chi connectivity index (χ3n) is 5.11. The fraction of sp³-hybridized carbons (Fsp3) is 0.600. The van der Waals surface area contributed by atoms with Crippen LogP contribution in [0.4, 0.5) is 5.69 Å². The van der Waals surface area contributed by atoms with Gasteiger partial charge < -0.3 is 15.0 Å². The fourth-order valence-electron chi connectivity index (χ4n) is 3.65. The number of benzene rings is 1. The summed E-state index contributed by atoms with van der Waals surface area (Å²) in [6, 6.07) is 5.72. The van der Waals surface area contributed by atoms with E-state index in [2.05, 4.69) is 21.2 Å². The minimum atomic E-state index is -0.107. The second-order valence-electron chi connectivity index (χ2n) is 7.40. The lowest BCUT2D eigenvalue weighted by molar-refractivity contribution is -0.132. The van der Waals surface area contributed by atoms with Crippen LogP contribution in [0.5, 0.6) is 0 Å². The van der Waals surface area contributed by atoms with E-state index >= 15 is 0 Å². The van der Waals surface area contributed by atoms with E-state index in [1.807, 2.05) is 34.9 Å². The number of anilines is 1. The topological polar surface area (TPSA) is 61.9 Å². The molecule has 0 spiro atoms. The molecule has 1 aromatic carbocycles. The van der Waals surface area contributed by atoms with Crippen molar-refractivity contribution in [3.63, 3.8) is 0 Å². The number of hydrogen-bond donors (Lipinski definition) is 1. The molecule has 0 radical (unpaired) electrons. The van der Waals surface area contributed by atoms with Crippen LogP contribution >= 0.6 is 15.9 Å². The van der Waals surface area contributed by atoms with Crippen molar-refractivity contribution in [2.45, 2.75) is 38.7 Å². The van der Waals surface area contributed by atoms with Gasteiger partial charge >= 0.3 is 0 Å². The molecular formula is C20H28BrN3O3. The van der Waals surface area contributed by atoms with Gasteiger partial charge in [0.25, 0.3) is 0 Å². The van der Waals surface area contributed by atoms with E-state index in [1.165, 1.54) is 0 Å². The van der Waals surface area contributed by atoms with Gasteiger partial charge in [-0.15, -0.1) is 0 Å². The maximum absolute atomic E-state index is 12.6. The highest BCUT2D eigenvalue weighted by molar-refractivity contribution is 9.10. The molecule has 2 aliphatic rings. The summed E-state index contributed by atoms with van der Waals surface area (Å²) in [6.07, 6.45) is 4.28. The zero-order chi connectivity index (χ0) is 19.2. The third-order valence-corrected chi connectivity index (χ3v) is 6.00. The number of hydrogen-bond acceptors (Lipinski definition) is 4. The molecule has 0 aliphatic carbocycles.